The zero-order valence-electron chi connectivity index (χ0n) is 39.6. The SMILES string of the molecule is NC(=O)[C@@H](CC(=O)[C@@H]1CCNC(=O)CC[C@H](NC(=O)Cc2ccccc2)C(=O)N[C@@H](Cc2cnc[nH]2)C(=O)N[C@H](Cc2ccccc2)C(=O)C[C@@H](CCCN=C(N)N)C(=O)C1)Cc1c[nH]c2ccccc12. The molecule has 1 fully saturated rings. The fourth-order valence-corrected chi connectivity index (χ4v) is 8.85. The number of aliphatic imine (C=N–C) groups is 1. The van der Waals surface area contributed by atoms with E-state index in [1.54, 1.807) is 66.9 Å². The van der Waals surface area contributed by atoms with Gasteiger partial charge in [-0.3, -0.25) is 43.3 Å². The lowest BCUT2D eigenvalue weighted by molar-refractivity contribution is -0.135. The summed E-state index contributed by atoms with van der Waals surface area (Å²) in [5, 5.41) is 12.0. The second kappa shape index (κ2) is 26.1. The molecule has 12 N–H and O–H groups in total. The minimum atomic E-state index is -1.30. The monoisotopic (exact) mass is 969 g/mol. The Balaban J connectivity index is 1.32. The zero-order valence-corrected chi connectivity index (χ0v) is 39.6. The molecule has 19 nitrogen and oxygen atoms in total. The van der Waals surface area contributed by atoms with Gasteiger partial charge in [-0.15, -0.1) is 0 Å². The quantitative estimate of drug-likeness (QED) is 0.0370. The molecule has 19 heteroatoms. The van der Waals surface area contributed by atoms with Crippen molar-refractivity contribution in [2.45, 2.75) is 95.2 Å². The van der Waals surface area contributed by atoms with Crippen molar-refractivity contribution in [2.75, 3.05) is 13.1 Å². The summed E-state index contributed by atoms with van der Waals surface area (Å²) in [6.07, 6.45) is 3.72. The summed E-state index contributed by atoms with van der Waals surface area (Å²) in [4.78, 5) is 127. The van der Waals surface area contributed by atoms with Gasteiger partial charge in [0.25, 0.3) is 0 Å². The highest BCUT2D eigenvalue weighted by Crippen LogP contribution is 2.27. The average molecular weight is 970 g/mol. The van der Waals surface area contributed by atoms with E-state index in [0.717, 1.165) is 16.5 Å². The summed E-state index contributed by atoms with van der Waals surface area (Å²) >= 11 is 0. The van der Waals surface area contributed by atoms with Crippen LogP contribution >= 0.6 is 0 Å². The number of aromatic amines is 2. The number of carbonyl (C=O) groups excluding carboxylic acids is 8. The van der Waals surface area contributed by atoms with Crippen molar-refractivity contribution in [1.29, 1.82) is 0 Å². The summed E-state index contributed by atoms with van der Waals surface area (Å²) in [5.74, 6) is -7.58. The molecule has 3 aromatic carbocycles. The molecule has 6 rings (SSSR count). The highest BCUT2D eigenvalue weighted by molar-refractivity contribution is 5.98. The molecule has 1 saturated heterocycles. The van der Waals surface area contributed by atoms with Gasteiger partial charge in [-0.2, -0.15) is 0 Å². The van der Waals surface area contributed by atoms with Gasteiger partial charge >= 0.3 is 0 Å². The van der Waals surface area contributed by atoms with Crippen molar-refractivity contribution in [3.63, 3.8) is 0 Å². The van der Waals surface area contributed by atoms with Gasteiger partial charge in [-0.1, -0.05) is 78.9 Å². The van der Waals surface area contributed by atoms with Crippen LogP contribution in [0.5, 0.6) is 0 Å². The smallest absolute Gasteiger partial charge is 0.243 e. The Labute approximate surface area is 411 Å². The largest absolute Gasteiger partial charge is 0.370 e. The van der Waals surface area contributed by atoms with Gasteiger partial charge in [0, 0.05) is 91.9 Å². The number of imidazole rings is 1. The lowest BCUT2D eigenvalue weighted by Gasteiger charge is -2.26. The second-order valence-electron chi connectivity index (χ2n) is 18.1. The van der Waals surface area contributed by atoms with Crippen LogP contribution in [0.2, 0.25) is 0 Å². The first-order chi connectivity index (χ1) is 34.2. The lowest BCUT2D eigenvalue weighted by atomic mass is 9.81. The highest BCUT2D eigenvalue weighted by Gasteiger charge is 2.35. The van der Waals surface area contributed by atoms with E-state index in [9.17, 15) is 38.4 Å². The number of primary amides is 1. The van der Waals surface area contributed by atoms with Gasteiger partial charge in [0.1, 0.15) is 23.7 Å². The van der Waals surface area contributed by atoms with E-state index in [4.69, 9.17) is 17.2 Å². The number of nitrogens with zero attached hydrogens (tertiary/aromatic N) is 2. The molecule has 0 unspecified atom stereocenters. The summed E-state index contributed by atoms with van der Waals surface area (Å²) in [6, 6.07) is 21.6. The van der Waals surface area contributed by atoms with Crippen LogP contribution in [0.25, 0.3) is 10.9 Å². The molecule has 374 valence electrons. The number of amides is 5. The van der Waals surface area contributed by atoms with Crippen molar-refractivity contribution >= 4 is 63.7 Å². The molecular formula is C52H63N11O8. The maximum Gasteiger partial charge on any atom is 0.243 e. The molecule has 3 heterocycles. The van der Waals surface area contributed by atoms with E-state index in [-0.39, 0.29) is 89.7 Å². The number of H-pyrrole nitrogens is 2. The summed E-state index contributed by atoms with van der Waals surface area (Å²) in [5.41, 5.74) is 20.6. The number of Topliss-reactive ketones (excluding diaryl/α,β-unsaturated/α-hetero) is 3. The Morgan fingerprint density at radius 3 is 2.18 bits per heavy atom. The summed E-state index contributed by atoms with van der Waals surface area (Å²) in [7, 11) is 0. The Morgan fingerprint density at radius 2 is 1.48 bits per heavy atom. The zero-order chi connectivity index (χ0) is 50.7. The Bertz CT molecular complexity index is 2650. The number of nitrogens with two attached hydrogens (primary N) is 3. The third-order valence-electron chi connectivity index (χ3n) is 12.7. The number of ketones is 3. The first kappa shape index (κ1) is 52.4. The molecule has 1 aliphatic heterocycles. The number of hydrogen-bond donors (Lipinski definition) is 9. The lowest BCUT2D eigenvalue weighted by Crippen LogP contribution is -2.57. The number of fused-ring (bicyclic) bond motifs is 1. The number of rotatable bonds is 17. The minimum absolute atomic E-state index is 0.0107. The molecule has 5 amide bonds. The van der Waals surface area contributed by atoms with E-state index in [1.165, 1.54) is 12.5 Å². The summed E-state index contributed by atoms with van der Waals surface area (Å²) < 4.78 is 0. The Hall–Kier alpha value is -7.96. The standard InChI is InChI=1S/C52H63N11O8/c53-49(69)36(24-37-29-59-40-16-8-7-15-39(37)40)27-45(65)35-19-21-57-47(67)18-17-41(61-48(68)23-33-12-5-2-6-13-33)50(70)63-43(28-38-30-56-31-60-38)51(71)62-42(22-32-10-3-1-4-11-32)46(66)26-34(44(64)25-35)14-9-20-58-52(54)55/h1-8,10-13,15-16,29-31,34-36,41-43,59H,9,14,17-28H2,(H2,53,69)(H,56,60)(H,57,67)(H,61,68)(H,62,71)(H,63,70)(H4,54,55,58)/t34-,35-,36-,41+,42-,43+/m1/s1. The molecular weight excluding hydrogens is 907 g/mol. The molecule has 0 saturated carbocycles. The molecule has 5 aromatic rings. The normalized spacial score (nSPS) is 20.3. The third-order valence-corrected chi connectivity index (χ3v) is 12.7. The van der Waals surface area contributed by atoms with Gasteiger partial charge < -0.3 is 48.4 Å². The fourth-order valence-electron chi connectivity index (χ4n) is 8.85. The van der Waals surface area contributed by atoms with Gasteiger partial charge in [0.15, 0.2) is 11.7 Å². The van der Waals surface area contributed by atoms with Crippen LogP contribution in [0, 0.1) is 17.8 Å². The first-order valence-corrected chi connectivity index (χ1v) is 23.9. The molecule has 0 bridgehead atoms. The predicted octanol–water partition coefficient (Wildman–Crippen LogP) is 2.18. The molecule has 0 spiro atoms. The summed E-state index contributed by atoms with van der Waals surface area (Å²) in [6.45, 7) is 0.0804. The van der Waals surface area contributed by atoms with Crippen LogP contribution < -0.4 is 38.5 Å². The fraction of sp³-hybridized carbons (Fsp3) is 0.385. The molecule has 2 aromatic heterocycles. The number of para-hydroxylation sites is 1. The van der Waals surface area contributed by atoms with E-state index in [1.807, 2.05) is 24.3 Å². The van der Waals surface area contributed by atoms with Crippen LogP contribution in [0.1, 0.15) is 73.8 Å². The van der Waals surface area contributed by atoms with Gasteiger partial charge in [0.05, 0.1) is 18.8 Å². The van der Waals surface area contributed by atoms with E-state index in [0.29, 0.717) is 23.2 Å². The van der Waals surface area contributed by atoms with Crippen molar-refractivity contribution in [3.05, 3.63) is 126 Å². The van der Waals surface area contributed by atoms with Crippen LogP contribution in [-0.4, -0.2) is 99.0 Å². The molecule has 1 aliphatic rings. The van der Waals surface area contributed by atoms with E-state index in [2.05, 4.69) is 41.2 Å². The molecule has 0 aliphatic carbocycles. The number of benzene rings is 3. The van der Waals surface area contributed by atoms with Gasteiger partial charge in [-0.25, -0.2) is 4.98 Å². The number of aromatic nitrogens is 3. The van der Waals surface area contributed by atoms with Crippen LogP contribution in [0.3, 0.4) is 0 Å². The van der Waals surface area contributed by atoms with Crippen molar-refractivity contribution in [1.82, 2.24) is 36.2 Å². The topological polar surface area (TPSA) is 320 Å². The predicted molar refractivity (Wildman–Crippen MR) is 266 cm³/mol. The maximum atomic E-state index is 14.7. The minimum Gasteiger partial charge on any atom is -0.370 e. The highest BCUT2D eigenvalue weighted by atomic mass is 16.2. The molecule has 6 atom stereocenters. The van der Waals surface area contributed by atoms with Crippen molar-refractivity contribution in [3.8, 4) is 0 Å². The van der Waals surface area contributed by atoms with Crippen LogP contribution in [0.15, 0.2) is 109 Å². The van der Waals surface area contributed by atoms with Gasteiger partial charge in [-0.05, 0) is 61.3 Å². The Kier molecular flexibility index (Phi) is 19.3. The van der Waals surface area contributed by atoms with E-state index < -0.39 is 82.8 Å². The number of carbonyl (C=O) groups is 8. The number of hydrogen-bond acceptors (Lipinski definition) is 10. The number of nitrogens with one attached hydrogen (secondary N) is 6. The van der Waals surface area contributed by atoms with Crippen LogP contribution in [-0.2, 0) is 64.0 Å². The van der Waals surface area contributed by atoms with E-state index >= 15 is 0 Å². The van der Waals surface area contributed by atoms with Crippen molar-refractivity contribution < 1.29 is 38.4 Å². The molecule has 0 radical (unpaired) electrons. The third kappa shape index (κ3) is 16.3. The molecule has 71 heavy (non-hydrogen) atoms. The second-order valence-corrected chi connectivity index (χ2v) is 18.1. The van der Waals surface area contributed by atoms with Crippen molar-refractivity contribution in [2.24, 2.45) is 39.9 Å². The number of guanidine groups is 1. The average Bonchev–Trinajstić information content (AvgIpc) is 4.03. The maximum absolute atomic E-state index is 14.7. The first-order valence-electron chi connectivity index (χ1n) is 23.9. The van der Waals surface area contributed by atoms with Crippen LogP contribution in [0.4, 0.5) is 0 Å². The van der Waals surface area contributed by atoms with Gasteiger partial charge in [0.2, 0.25) is 29.5 Å². The Morgan fingerprint density at radius 1 is 0.775 bits per heavy atom.